The van der Waals surface area contributed by atoms with Crippen molar-refractivity contribution in [3.8, 4) is 0 Å². The van der Waals surface area contributed by atoms with Gasteiger partial charge in [-0.1, -0.05) is 0 Å². The summed E-state index contributed by atoms with van der Waals surface area (Å²) in [4.78, 5) is 0. The fraction of sp³-hybridized carbons (Fsp3) is 0.500. The molecular formula is C32H44Cl2P2Ti. The van der Waals surface area contributed by atoms with Crippen LogP contribution in [0.2, 0.25) is 0 Å². The maximum absolute atomic E-state index is 2.63. The van der Waals surface area contributed by atoms with Crippen molar-refractivity contribution >= 4 is 28.0 Å². The molecule has 200 valence electrons. The number of rotatable bonds is 6. The second kappa shape index (κ2) is 12.7. The quantitative estimate of drug-likeness (QED) is 0.331. The normalized spacial score (nSPS) is 18.8. The summed E-state index contributed by atoms with van der Waals surface area (Å²) in [5.74, 6) is 0. The summed E-state index contributed by atoms with van der Waals surface area (Å²) in [5, 5.41) is 4.16. The van der Waals surface area contributed by atoms with Crippen LogP contribution in [0.25, 0.3) is 12.2 Å². The van der Waals surface area contributed by atoms with Gasteiger partial charge in [0.2, 0.25) is 0 Å². The zero-order valence-corrected chi connectivity index (χ0v) is 29.1. The first-order chi connectivity index (χ1) is 16.3. The van der Waals surface area contributed by atoms with Gasteiger partial charge in [0.25, 0.3) is 0 Å². The minimum absolute atomic E-state index is 0. The topological polar surface area (TPSA) is 0 Å². The SMILES string of the molecule is CC(C)P(C1=Cc2ccccc2[CH]1[Ti+2][CH]1C(P(C(C)(C)C)C(C)(C)C)=Cc2ccccc21)C(C)C.[Cl-].[Cl-]. The van der Waals surface area contributed by atoms with Crippen molar-refractivity contribution in [2.24, 2.45) is 0 Å². The number of halogens is 2. The molecule has 4 rings (SSSR count). The minimum Gasteiger partial charge on any atom is -1.00 e. The van der Waals surface area contributed by atoms with E-state index in [1.54, 1.807) is 21.8 Å². The van der Waals surface area contributed by atoms with Crippen LogP contribution in [0.1, 0.15) is 99.9 Å². The predicted molar refractivity (Wildman–Crippen MR) is 158 cm³/mol. The van der Waals surface area contributed by atoms with E-state index >= 15 is 0 Å². The molecule has 0 amide bonds. The first-order valence-corrected chi connectivity index (χ1v) is 17.9. The van der Waals surface area contributed by atoms with E-state index < -0.39 is 0 Å². The Balaban J connectivity index is 0.00000241. The monoisotopic (exact) mass is 608 g/mol. The Bertz CT molecular complexity index is 1120. The summed E-state index contributed by atoms with van der Waals surface area (Å²) >= 11 is -0.346. The Morgan fingerprint density at radius 1 is 0.622 bits per heavy atom. The van der Waals surface area contributed by atoms with Gasteiger partial charge in [0.1, 0.15) is 0 Å². The van der Waals surface area contributed by atoms with E-state index in [0.717, 1.165) is 11.3 Å². The van der Waals surface area contributed by atoms with Crippen LogP contribution < -0.4 is 24.8 Å². The van der Waals surface area contributed by atoms with Gasteiger partial charge in [-0.3, -0.25) is 0 Å². The first kappa shape index (κ1) is 33.3. The third kappa shape index (κ3) is 6.87. The summed E-state index contributed by atoms with van der Waals surface area (Å²) in [7, 11) is -0.443. The maximum atomic E-state index is 2.63. The molecule has 2 aromatic carbocycles. The van der Waals surface area contributed by atoms with E-state index in [1.165, 1.54) is 11.1 Å². The molecule has 0 aromatic heterocycles. The average Bonchev–Trinajstić information content (AvgIpc) is 3.24. The first-order valence-electron chi connectivity index (χ1n) is 13.3. The minimum atomic E-state index is -0.346. The van der Waals surface area contributed by atoms with Gasteiger partial charge < -0.3 is 24.8 Å². The number of hydrogen-bond acceptors (Lipinski definition) is 0. The third-order valence-corrected chi connectivity index (χ3v) is 17.7. The molecule has 0 aliphatic heterocycles. The van der Waals surface area contributed by atoms with Crippen molar-refractivity contribution in [2.45, 2.75) is 99.3 Å². The zero-order chi connectivity index (χ0) is 25.7. The van der Waals surface area contributed by atoms with E-state index in [2.05, 4.69) is 130 Å². The summed E-state index contributed by atoms with van der Waals surface area (Å²) in [6, 6.07) is 18.7. The van der Waals surface area contributed by atoms with Gasteiger partial charge in [-0.05, 0) is 0 Å². The summed E-state index contributed by atoms with van der Waals surface area (Å²) in [6.07, 6.45) is 5.25. The molecule has 0 bridgehead atoms. The van der Waals surface area contributed by atoms with E-state index in [0.29, 0.717) is 18.8 Å². The Morgan fingerprint density at radius 3 is 1.41 bits per heavy atom. The van der Waals surface area contributed by atoms with Crippen LogP contribution in [0, 0.1) is 0 Å². The molecule has 0 nitrogen and oxygen atoms in total. The van der Waals surface area contributed by atoms with Gasteiger partial charge in [-0.25, -0.2) is 0 Å². The smallest absolute Gasteiger partial charge is 1.00 e. The number of fused-ring (bicyclic) bond motifs is 2. The number of benzene rings is 2. The van der Waals surface area contributed by atoms with Crippen LogP contribution in [-0.4, -0.2) is 21.6 Å². The molecule has 2 aliphatic rings. The summed E-state index contributed by atoms with van der Waals surface area (Å²) < 4.78 is 1.28. The largest absolute Gasteiger partial charge is 1.00 e. The van der Waals surface area contributed by atoms with E-state index in [-0.39, 0.29) is 59.8 Å². The maximum Gasteiger partial charge on any atom is -1.00 e. The standard InChI is InChI=1S/C17H24P.C15H20P.2ClH.Ti/c1-16(2,3)18(17(4,5)6)15-11-13-9-7-8-10-14(13)12-15;1-11(2)16(12(3)4)15-9-13-7-5-6-8-14(13)10-15;;;/h7-12H,1-6H3;5-12H,1-4H3;2*1H;/q;;;;+2/p-2. The van der Waals surface area contributed by atoms with Crippen molar-refractivity contribution in [1.29, 1.82) is 0 Å². The van der Waals surface area contributed by atoms with Crippen LogP contribution in [0.3, 0.4) is 0 Å². The number of hydrogen-bond donors (Lipinski definition) is 0. The van der Waals surface area contributed by atoms with Crippen molar-refractivity contribution < 1.29 is 44.0 Å². The Morgan fingerprint density at radius 2 is 1.00 bits per heavy atom. The molecule has 0 saturated carbocycles. The molecule has 2 atom stereocenters. The molecule has 2 unspecified atom stereocenters. The van der Waals surface area contributed by atoms with Crippen LogP contribution in [0.15, 0.2) is 59.2 Å². The second-order valence-corrected chi connectivity index (χ2v) is 22.3. The molecular weight excluding hydrogens is 565 g/mol. The van der Waals surface area contributed by atoms with Gasteiger partial charge in [0.05, 0.1) is 0 Å². The molecule has 0 N–H and O–H groups in total. The molecule has 0 radical (unpaired) electrons. The average molecular weight is 609 g/mol. The van der Waals surface area contributed by atoms with Crippen LogP contribution >= 0.6 is 15.8 Å². The van der Waals surface area contributed by atoms with Crippen molar-refractivity contribution in [1.82, 2.24) is 0 Å². The summed E-state index contributed by atoms with van der Waals surface area (Å²) in [5.41, 5.74) is 7.68. The molecule has 37 heavy (non-hydrogen) atoms. The number of allylic oxidation sites excluding steroid dienone is 2. The fourth-order valence-corrected chi connectivity index (χ4v) is 18.5. The van der Waals surface area contributed by atoms with Gasteiger partial charge in [-0.15, -0.1) is 0 Å². The van der Waals surface area contributed by atoms with Crippen LogP contribution in [0.4, 0.5) is 0 Å². The Labute approximate surface area is 251 Å². The second-order valence-electron chi connectivity index (χ2n) is 12.7. The van der Waals surface area contributed by atoms with Crippen LogP contribution in [-0.2, 0) is 19.2 Å². The van der Waals surface area contributed by atoms with Gasteiger partial charge >= 0.3 is 228 Å². The van der Waals surface area contributed by atoms with E-state index in [9.17, 15) is 0 Å². The van der Waals surface area contributed by atoms with Gasteiger partial charge in [0.15, 0.2) is 0 Å². The van der Waals surface area contributed by atoms with Crippen molar-refractivity contribution in [3.05, 3.63) is 81.4 Å². The van der Waals surface area contributed by atoms with Crippen molar-refractivity contribution in [2.75, 3.05) is 0 Å². The molecule has 0 spiro atoms. The summed E-state index contributed by atoms with van der Waals surface area (Å²) in [6.45, 7) is 24.7. The van der Waals surface area contributed by atoms with Gasteiger partial charge in [-0.2, -0.15) is 0 Å². The molecule has 0 heterocycles. The predicted octanol–water partition coefficient (Wildman–Crippen LogP) is 4.65. The fourth-order valence-electron chi connectivity index (χ4n) is 6.52. The molecule has 2 aliphatic carbocycles. The zero-order valence-electron chi connectivity index (χ0n) is 24.2. The molecule has 2 aromatic rings. The van der Waals surface area contributed by atoms with E-state index in [4.69, 9.17) is 0 Å². The van der Waals surface area contributed by atoms with E-state index in [1.807, 2.05) is 0 Å². The Hall–Kier alpha value is 0.0743. The van der Waals surface area contributed by atoms with Crippen LogP contribution in [0.5, 0.6) is 0 Å². The third-order valence-electron chi connectivity index (χ3n) is 7.16. The van der Waals surface area contributed by atoms with Crippen molar-refractivity contribution in [3.63, 3.8) is 0 Å². The molecule has 5 heteroatoms. The molecule has 0 fully saturated rings. The molecule has 0 saturated heterocycles. The van der Waals surface area contributed by atoms with Gasteiger partial charge in [0, 0.05) is 0 Å². The Kier molecular flexibility index (Phi) is 11.4.